The molecule has 0 spiro atoms. The van der Waals surface area contributed by atoms with E-state index in [0.717, 1.165) is 32.5 Å². The molecular weight excluding hydrogens is 208 g/mol. The highest BCUT2D eigenvalue weighted by atomic mass is 16.4. The number of piperidine rings is 1. The topological polar surface area (TPSA) is 60.9 Å². The fourth-order valence-electron chi connectivity index (χ4n) is 2.24. The highest BCUT2D eigenvalue weighted by Crippen LogP contribution is 2.17. The number of rotatable bonds is 4. The van der Waals surface area contributed by atoms with Crippen molar-refractivity contribution in [2.45, 2.75) is 19.8 Å². The Morgan fingerprint density at radius 3 is 2.75 bits per heavy atom. The van der Waals surface area contributed by atoms with Gasteiger partial charge in [0, 0.05) is 26.6 Å². The molecule has 1 unspecified atom stereocenters. The Kier molecular flexibility index (Phi) is 4.73. The van der Waals surface area contributed by atoms with Crippen molar-refractivity contribution in [2.75, 3.05) is 33.2 Å². The van der Waals surface area contributed by atoms with Gasteiger partial charge in [0.15, 0.2) is 0 Å². The number of likely N-dealkylation sites (tertiary alicyclic amines) is 1. The van der Waals surface area contributed by atoms with Gasteiger partial charge in [-0.3, -0.25) is 14.5 Å². The third-order valence-electron chi connectivity index (χ3n) is 2.94. The largest absolute Gasteiger partial charge is 0.480 e. The molecule has 0 bridgehead atoms. The van der Waals surface area contributed by atoms with Gasteiger partial charge in [0.1, 0.15) is 0 Å². The van der Waals surface area contributed by atoms with Crippen molar-refractivity contribution in [2.24, 2.45) is 5.92 Å². The Hall–Kier alpha value is -1.10. The molecule has 1 aliphatic heterocycles. The molecule has 5 heteroatoms. The summed E-state index contributed by atoms with van der Waals surface area (Å²) in [6.45, 7) is 4.00. The Bertz CT molecular complexity index is 268. The number of likely N-dealkylation sites (N-methyl/N-ethyl adjacent to an activating group) is 1. The van der Waals surface area contributed by atoms with Crippen LogP contribution in [0.15, 0.2) is 0 Å². The van der Waals surface area contributed by atoms with Crippen molar-refractivity contribution in [3.63, 3.8) is 0 Å². The Morgan fingerprint density at radius 1 is 1.50 bits per heavy atom. The average molecular weight is 228 g/mol. The number of carbonyl (C=O) groups excluding carboxylic acids is 1. The molecule has 0 aromatic rings. The van der Waals surface area contributed by atoms with Crippen LogP contribution in [-0.4, -0.2) is 60.0 Å². The Balaban J connectivity index is 2.36. The number of carbonyl (C=O) groups is 2. The summed E-state index contributed by atoms with van der Waals surface area (Å²) in [6.07, 6.45) is 2.10. The molecule has 1 fully saturated rings. The van der Waals surface area contributed by atoms with Gasteiger partial charge in [-0.25, -0.2) is 0 Å². The number of hydrogen-bond donors (Lipinski definition) is 1. The molecule has 0 saturated carbocycles. The zero-order chi connectivity index (χ0) is 12.1. The van der Waals surface area contributed by atoms with Gasteiger partial charge >= 0.3 is 5.97 Å². The zero-order valence-electron chi connectivity index (χ0n) is 9.98. The fraction of sp³-hybridized carbons (Fsp3) is 0.818. The first-order chi connectivity index (χ1) is 7.49. The summed E-state index contributed by atoms with van der Waals surface area (Å²) in [5.41, 5.74) is 0. The summed E-state index contributed by atoms with van der Waals surface area (Å²) in [5.74, 6) is -0.283. The summed E-state index contributed by atoms with van der Waals surface area (Å²) < 4.78 is 0. The fourth-order valence-corrected chi connectivity index (χ4v) is 2.24. The molecule has 0 aromatic carbocycles. The predicted octanol–water partition coefficient (Wildman–Crippen LogP) is 0.261. The van der Waals surface area contributed by atoms with E-state index in [2.05, 4.69) is 0 Å². The van der Waals surface area contributed by atoms with Crippen molar-refractivity contribution < 1.29 is 14.7 Å². The lowest BCUT2D eigenvalue weighted by molar-refractivity contribution is -0.138. The van der Waals surface area contributed by atoms with Crippen molar-refractivity contribution in [3.8, 4) is 0 Å². The van der Waals surface area contributed by atoms with Gasteiger partial charge in [-0.2, -0.15) is 0 Å². The van der Waals surface area contributed by atoms with Crippen LogP contribution in [0, 0.1) is 5.92 Å². The number of amides is 1. The summed E-state index contributed by atoms with van der Waals surface area (Å²) in [6, 6.07) is 0. The van der Waals surface area contributed by atoms with Gasteiger partial charge in [0.05, 0.1) is 6.54 Å². The van der Waals surface area contributed by atoms with Crippen molar-refractivity contribution >= 4 is 11.9 Å². The van der Waals surface area contributed by atoms with Gasteiger partial charge in [-0.1, -0.05) is 0 Å². The molecule has 92 valence electrons. The lowest BCUT2D eigenvalue weighted by Gasteiger charge is -2.33. The van der Waals surface area contributed by atoms with Gasteiger partial charge in [-0.15, -0.1) is 0 Å². The van der Waals surface area contributed by atoms with Gasteiger partial charge in [-0.05, 0) is 25.8 Å². The number of carboxylic acids is 1. The second-order valence-electron chi connectivity index (χ2n) is 4.56. The number of carboxylic acid groups (broad SMARTS) is 1. The first-order valence-corrected chi connectivity index (χ1v) is 5.65. The standard InChI is InChI=1S/C11H20N2O3/c1-9(14)13-5-3-4-10(7-13)6-12(2)8-11(15)16/h10H,3-8H2,1-2H3,(H,15,16). The van der Waals surface area contributed by atoms with E-state index in [-0.39, 0.29) is 12.5 Å². The minimum Gasteiger partial charge on any atom is -0.480 e. The van der Waals surface area contributed by atoms with Gasteiger partial charge < -0.3 is 10.0 Å². The normalized spacial score (nSPS) is 21.2. The van der Waals surface area contributed by atoms with E-state index in [0.29, 0.717) is 5.92 Å². The molecule has 1 atom stereocenters. The lowest BCUT2D eigenvalue weighted by atomic mass is 9.97. The summed E-state index contributed by atoms with van der Waals surface area (Å²) in [7, 11) is 1.81. The first-order valence-electron chi connectivity index (χ1n) is 5.65. The molecule has 1 heterocycles. The summed E-state index contributed by atoms with van der Waals surface area (Å²) in [4.78, 5) is 25.4. The molecule has 5 nitrogen and oxygen atoms in total. The SMILES string of the molecule is CC(=O)N1CCCC(CN(C)CC(=O)O)C1. The van der Waals surface area contributed by atoms with E-state index < -0.39 is 5.97 Å². The second-order valence-corrected chi connectivity index (χ2v) is 4.56. The zero-order valence-corrected chi connectivity index (χ0v) is 9.98. The third-order valence-corrected chi connectivity index (χ3v) is 2.94. The van der Waals surface area contributed by atoms with Crippen LogP contribution < -0.4 is 0 Å². The summed E-state index contributed by atoms with van der Waals surface area (Å²) in [5, 5.41) is 8.65. The first kappa shape index (κ1) is 13.0. The molecule has 1 rings (SSSR count). The van der Waals surface area contributed by atoms with Crippen molar-refractivity contribution in [3.05, 3.63) is 0 Å². The predicted molar refractivity (Wildman–Crippen MR) is 60.1 cm³/mol. The van der Waals surface area contributed by atoms with E-state index in [1.54, 1.807) is 18.9 Å². The molecule has 16 heavy (non-hydrogen) atoms. The molecule has 1 N–H and O–H groups in total. The quantitative estimate of drug-likeness (QED) is 0.750. The molecular formula is C11H20N2O3. The molecule has 1 aliphatic rings. The van der Waals surface area contributed by atoms with Crippen LogP contribution in [-0.2, 0) is 9.59 Å². The average Bonchev–Trinajstić information content (AvgIpc) is 2.16. The van der Waals surface area contributed by atoms with Crippen LogP contribution in [0.1, 0.15) is 19.8 Å². The number of hydrogen-bond acceptors (Lipinski definition) is 3. The van der Waals surface area contributed by atoms with E-state index in [1.165, 1.54) is 0 Å². The van der Waals surface area contributed by atoms with Crippen LogP contribution in [0.5, 0.6) is 0 Å². The summed E-state index contributed by atoms with van der Waals surface area (Å²) >= 11 is 0. The van der Waals surface area contributed by atoms with Crippen LogP contribution in [0.2, 0.25) is 0 Å². The maximum atomic E-state index is 11.2. The van der Waals surface area contributed by atoms with E-state index in [9.17, 15) is 9.59 Å². The number of aliphatic carboxylic acids is 1. The van der Waals surface area contributed by atoms with Crippen LogP contribution in [0.3, 0.4) is 0 Å². The van der Waals surface area contributed by atoms with Gasteiger partial charge in [0.2, 0.25) is 5.91 Å². The monoisotopic (exact) mass is 228 g/mol. The van der Waals surface area contributed by atoms with E-state index in [4.69, 9.17) is 5.11 Å². The Labute approximate surface area is 96.0 Å². The molecule has 0 aliphatic carbocycles. The molecule has 1 amide bonds. The maximum Gasteiger partial charge on any atom is 0.317 e. The molecule has 0 aromatic heterocycles. The highest BCUT2D eigenvalue weighted by Gasteiger charge is 2.22. The highest BCUT2D eigenvalue weighted by molar-refractivity contribution is 5.73. The smallest absolute Gasteiger partial charge is 0.317 e. The Morgan fingerprint density at radius 2 is 2.19 bits per heavy atom. The molecule has 1 saturated heterocycles. The van der Waals surface area contributed by atoms with Gasteiger partial charge in [0.25, 0.3) is 0 Å². The number of nitrogens with zero attached hydrogens (tertiary/aromatic N) is 2. The second kappa shape index (κ2) is 5.84. The maximum absolute atomic E-state index is 11.2. The minimum atomic E-state index is -0.804. The van der Waals surface area contributed by atoms with E-state index in [1.807, 2.05) is 4.90 Å². The van der Waals surface area contributed by atoms with Crippen molar-refractivity contribution in [1.29, 1.82) is 0 Å². The van der Waals surface area contributed by atoms with E-state index >= 15 is 0 Å². The third kappa shape index (κ3) is 4.18. The van der Waals surface area contributed by atoms with Crippen LogP contribution in [0.25, 0.3) is 0 Å². The molecule has 0 radical (unpaired) electrons. The van der Waals surface area contributed by atoms with Crippen molar-refractivity contribution in [1.82, 2.24) is 9.80 Å². The minimum absolute atomic E-state index is 0.0660. The lowest BCUT2D eigenvalue weighted by Crippen LogP contribution is -2.43. The van der Waals surface area contributed by atoms with Crippen LogP contribution >= 0.6 is 0 Å². The van der Waals surface area contributed by atoms with Crippen LogP contribution in [0.4, 0.5) is 0 Å².